The van der Waals surface area contributed by atoms with Gasteiger partial charge in [-0.15, -0.1) is 0 Å². The molecule has 0 aliphatic rings. The minimum atomic E-state index is -3.58. The van der Waals surface area contributed by atoms with Crippen LogP contribution in [0.25, 0.3) is 0 Å². The van der Waals surface area contributed by atoms with Gasteiger partial charge in [-0.3, -0.25) is 5.10 Å². The van der Waals surface area contributed by atoms with E-state index in [0.717, 1.165) is 6.42 Å². The van der Waals surface area contributed by atoms with Crippen molar-refractivity contribution in [2.45, 2.75) is 57.4 Å². The quantitative estimate of drug-likeness (QED) is 0.763. The number of hydrogen-bond acceptors (Lipinski definition) is 4. The molecule has 1 heterocycles. The Balaban J connectivity index is 3.36. The van der Waals surface area contributed by atoms with Gasteiger partial charge < -0.3 is 5.73 Å². The van der Waals surface area contributed by atoms with Crippen molar-refractivity contribution in [3.63, 3.8) is 0 Å². The highest BCUT2D eigenvalue weighted by molar-refractivity contribution is 7.89. The lowest BCUT2D eigenvalue weighted by atomic mass is 9.93. The van der Waals surface area contributed by atoms with Crippen molar-refractivity contribution in [2.24, 2.45) is 5.73 Å². The third kappa shape index (κ3) is 2.89. The highest BCUT2D eigenvalue weighted by atomic mass is 32.2. The minimum Gasteiger partial charge on any atom is -0.329 e. The maximum absolute atomic E-state index is 12.9. The average Bonchev–Trinajstić information content (AvgIpc) is 2.87. The number of rotatable bonds is 8. The lowest BCUT2D eigenvalue weighted by molar-refractivity contribution is 0.177. The third-order valence-corrected chi connectivity index (χ3v) is 6.12. The molecule has 0 radical (unpaired) electrons. The smallest absolute Gasteiger partial charge is 0.247 e. The van der Waals surface area contributed by atoms with Gasteiger partial charge in [0.15, 0.2) is 0 Å². The standard InChI is InChI=1S/C13H26N4O2S/c1-5-8-17(13(6-2,7-3)10-14)20(18,19)12-9-15-16-11(12)4/h9H,5-8,10,14H2,1-4H3,(H,15,16). The molecule has 0 amide bonds. The van der Waals surface area contributed by atoms with Crippen LogP contribution in [0.5, 0.6) is 0 Å². The van der Waals surface area contributed by atoms with Crippen LogP contribution in [0.2, 0.25) is 0 Å². The molecule has 0 saturated carbocycles. The summed E-state index contributed by atoms with van der Waals surface area (Å²) in [5.41, 5.74) is 5.95. The van der Waals surface area contributed by atoms with E-state index in [-0.39, 0.29) is 4.90 Å². The second-order valence-corrected chi connectivity index (χ2v) is 6.90. The number of nitrogens with one attached hydrogen (secondary N) is 1. The summed E-state index contributed by atoms with van der Waals surface area (Å²) in [6.07, 6.45) is 3.50. The summed E-state index contributed by atoms with van der Waals surface area (Å²) in [6.45, 7) is 8.43. The molecule has 20 heavy (non-hydrogen) atoms. The average molecular weight is 302 g/mol. The van der Waals surface area contributed by atoms with Gasteiger partial charge in [-0.2, -0.15) is 9.40 Å². The second kappa shape index (κ2) is 6.69. The summed E-state index contributed by atoms with van der Waals surface area (Å²) >= 11 is 0. The molecule has 7 heteroatoms. The maximum atomic E-state index is 12.9. The molecular weight excluding hydrogens is 276 g/mol. The lowest BCUT2D eigenvalue weighted by Crippen LogP contribution is -2.55. The van der Waals surface area contributed by atoms with E-state index in [0.29, 0.717) is 31.6 Å². The van der Waals surface area contributed by atoms with E-state index in [2.05, 4.69) is 10.2 Å². The summed E-state index contributed by atoms with van der Waals surface area (Å²) in [7, 11) is -3.58. The van der Waals surface area contributed by atoms with Crippen molar-refractivity contribution in [3.8, 4) is 0 Å². The van der Waals surface area contributed by atoms with Crippen LogP contribution in [0.3, 0.4) is 0 Å². The van der Waals surface area contributed by atoms with E-state index in [1.165, 1.54) is 6.20 Å². The number of sulfonamides is 1. The van der Waals surface area contributed by atoms with Crippen LogP contribution in [0.15, 0.2) is 11.1 Å². The van der Waals surface area contributed by atoms with Gasteiger partial charge in [0.2, 0.25) is 10.0 Å². The van der Waals surface area contributed by atoms with Crippen molar-refractivity contribution >= 4 is 10.0 Å². The molecule has 1 rings (SSSR count). The molecule has 0 aromatic carbocycles. The van der Waals surface area contributed by atoms with Gasteiger partial charge in [0.25, 0.3) is 0 Å². The first-order chi connectivity index (χ1) is 9.39. The second-order valence-electron chi connectivity index (χ2n) is 5.07. The predicted molar refractivity (Wildman–Crippen MR) is 79.9 cm³/mol. The fraction of sp³-hybridized carbons (Fsp3) is 0.769. The third-order valence-electron chi connectivity index (χ3n) is 4.00. The normalized spacial score (nSPS) is 13.1. The van der Waals surface area contributed by atoms with Gasteiger partial charge in [-0.05, 0) is 26.2 Å². The fourth-order valence-corrected chi connectivity index (χ4v) is 4.65. The highest BCUT2D eigenvalue weighted by Crippen LogP contribution is 2.30. The van der Waals surface area contributed by atoms with Gasteiger partial charge in [0.1, 0.15) is 4.90 Å². The molecular formula is C13H26N4O2S. The molecule has 0 unspecified atom stereocenters. The van der Waals surface area contributed by atoms with Crippen molar-refractivity contribution in [1.29, 1.82) is 0 Å². The Morgan fingerprint density at radius 3 is 2.30 bits per heavy atom. The van der Waals surface area contributed by atoms with E-state index in [1.807, 2.05) is 20.8 Å². The summed E-state index contributed by atoms with van der Waals surface area (Å²) in [5.74, 6) is 0. The molecule has 0 aliphatic heterocycles. The van der Waals surface area contributed by atoms with Crippen LogP contribution in [-0.2, 0) is 10.0 Å². The zero-order valence-corrected chi connectivity index (χ0v) is 13.6. The van der Waals surface area contributed by atoms with Gasteiger partial charge in [0.05, 0.1) is 11.9 Å². The van der Waals surface area contributed by atoms with E-state index in [4.69, 9.17) is 5.73 Å². The molecule has 6 nitrogen and oxygen atoms in total. The molecule has 116 valence electrons. The molecule has 0 saturated heterocycles. The monoisotopic (exact) mass is 302 g/mol. The number of hydrogen-bond donors (Lipinski definition) is 2. The Kier molecular flexibility index (Phi) is 5.73. The fourth-order valence-electron chi connectivity index (χ4n) is 2.53. The van der Waals surface area contributed by atoms with Crippen LogP contribution in [0.4, 0.5) is 0 Å². The first-order valence-corrected chi connectivity index (χ1v) is 8.56. The van der Waals surface area contributed by atoms with Crippen LogP contribution < -0.4 is 5.73 Å². The minimum absolute atomic E-state index is 0.241. The van der Waals surface area contributed by atoms with Crippen molar-refractivity contribution in [1.82, 2.24) is 14.5 Å². The van der Waals surface area contributed by atoms with Crippen LogP contribution >= 0.6 is 0 Å². The Morgan fingerprint density at radius 1 is 1.35 bits per heavy atom. The van der Waals surface area contributed by atoms with Crippen LogP contribution in [0.1, 0.15) is 45.7 Å². The maximum Gasteiger partial charge on any atom is 0.247 e. The van der Waals surface area contributed by atoms with E-state index in [1.54, 1.807) is 11.2 Å². The summed E-state index contributed by atoms with van der Waals surface area (Å²) in [5, 5.41) is 6.52. The Bertz CT molecular complexity index is 512. The number of aryl methyl sites for hydroxylation is 1. The molecule has 3 N–H and O–H groups in total. The number of aromatic amines is 1. The van der Waals surface area contributed by atoms with Crippen molar-refractivity contribution < 1.29 is 8.42 Å². The number of aromatic nitrogens is 2. The van der Waals surface area contributed by atoms with E-state index in [9.17, 15) is 8.42 Å². The predicted octanol–water partition coefficient (Wildman–Crippen LogP) is 1.64. The van der Waals surface area contributed by atoms with Crippen molar-refractivity contribution in [3.05, 3.63) is 11.9 Å². The molecule has 0 fully saturated rings. The number of nitrogens with zero attached hydrogens (tertiary/aromatic N) is 2. The molecule has 1 aromatic rings. The summed E-state index contributed by atoms with van der Waals surface area (Å²) < 4.78 is 27.4. The van der Waals surface area contributed by atoms with Gasteiger partial charge >= 0.3 is 0 Å². The topological polar surface area (TPSA) is 92.1 Å². The van der Waals surface area contributed by atoms with Crippen LogP contribution in [-0.4, -0.2) is 41.5 Å². The zero-order chi connectivity index (χ0) is 15.4. The summed E-state index contributed by atoms with van der Waals surface area (Å²) in [6, 6.07) is 0. The number of H-pyrrole nitrogens is 1. The van der Waals surface area contributed by atoms with Gasteiger partial charge in [-0.1, -0.05) is 20.8 Å². The Morgan fingerprint density at radius 2 is 1.95 bits per heavy atom. The zero-order valence-electron chi connectivity index (χ0n) is 12.8. The molecule has 0 bridgehead atoms. The molecule has 1 aromatic heterocycles. The van der Waals surface area contributed by atoms with Gasteiger partial charge in [0, 0.05) is 18.6 Å². The first kappa shape index (κ1) is 17.1. The van der Waals surface area contributed by atoms with Crippen LogP contribution in [0, 0.1) is 6.92 Å². The van der Waals surface area contributed by atoms with Gasteiger partial charge in [-0.25, -0.2) is 8.42 Å². The molecule has 0 atom stereocenters. The number of nitrogens with two attached hydrogens (primary N) is 1. The molecule has 0 spiro atoms. The first-order valence-electron chi connectivity index (χ1n) is 7.12. The largest absolute Gasteiger partial charge is 0.329 e. The lowest BCUT2D eigenvalue weighted by Gasteiger charge is -2.41. The Labute approximate surface area is 121 Å². The van der Waals surface area contributed by atoms with Crippen molar-refractivity contribution in [2.75, 3.05) is 13.1 Å². The van der Waals surface area contributed by atoms with E-state index >= 15 is 0 Å². The highest BCUT2D eigenvalue weighted by Gasteiger charge is 2.41. The Hall–Kier alpha value is -0.920. The summed E-state index contributed by atoms with van der Waals surface area (Å²) in [4.78, 5) is 0.241. The van der Waals surface area contributed by atoms with E-state index < -0.39 is 15.6 Å². The SMILES string of the molecule is CCCN(C(CC)(CC)CN)S(=O)(=O)c1cn[nH]c1C. The molecule has 0 aliphatic carbocycles.